The van der Waals surface area contributed by atoms with Gasteiger partial charge in [0.15, 0.2) is 0 Å². The van der Waals surface area contributed by atoms with Gasteiger partial charge in [-0.15, -0.1) is 0 Å². The van der Waals surface area contributed by atoms with Gasteiger partial charge in [-0.2, -0.15) is 4.98 Å². The quantitative estimate of drug-likeness (QED) is 0.881. The molecule has 7 heteroatoms. The Hall–Kier alpha value is -2.25. The topological polar surface area (TPSA) is 74.4 Å². The van der Waals surface area contributed by atoms with Crippen molar-refractivity contribution in [3.05, 3.63) is 41.9 Å². The molecule has 0 bridgehead atoms. The number of nitrogen functional groups attached to an aromatic ring is 1. The Morgan fingerprint density at radius 1 is 1.20 bits per heavy atom. The van der Waals surface area contributed by atoms with Gasteiger partial charge in [-0.1, -0.05) is 6.07 Å². The number of likely N-dealkylation sites (N-methyl/N-ethyl adjacent to an activating group) is 1. The van der Waals surface area contributed by atoms with E-state index in [1.54, 1.807) is 0 Å². The zero-order valence-corrected chi connectivity index (χ0v) is 15.3. The molecule has 1 saturated heterocycles. The second-order valence-electron chi connectivity index (χ2n) is 6.71. The first kappa shape index (κ1) is 17.6. The first-order valence-electron chi connectivity index (χ1n) is 8.71. The van der Waals surface area contributed by atoms with E-state index in [-0.39, 0.29) is 6.04 Å². The summed E-state index contributed by atoms with van der Waals surface area (Å²) in [5, 5.41) is 0. The van der Waals surface area contributed by atoms with E-state index >= 15 is 0 Å². The minimum absolute atomic E-state index is 0.199. The molecule has 25 heavy (non-hydrogen) atoms. The molecule has 2 N–H and O–H groups in total. The monoisotopic (exact) mass is 341 g/mol. The summed E-state index contributed by atoms with van der Waals surface area (Å²) in [5.74, 6) is 1.26. The molecule has 1 aliphatic heterocycles. The predicted octanol–water partition coefficient (Wildman–Crippen LogP) is 1.40. The third-order valence-corrected chi connectivity index (χ3v) is 4.80. The molecular formula is C18H27N7. The van der Waals surface area contributed by atoms with Gasteiger partial charge in [0.05, 0.1) is 11.4 Å². The van der Waals surface area contributed by atoms with Gasteiger partial charge in [-0.3, -0.25) is 9.88 Å². The number of anilines is 2. The van der Waals surface area contributed by atoms with Gasteiger partial charge in [-0.05, 0) is 33.2 Å². The maximum absolute atomic E-state index is 5.97. The summed E-state index contributed by atoms with van der Waals surface area (Å²) in [5.41, 5.74) is 7.95. The summed E-state index contributed by atoms with van der Waals surface area (Å²) < 4.78 is 0. The van der Waals surface area contributed by atoms with Gasteiger partial charge in [0, 0.05) is 51.0 Å². The summed E-state index contributed by atoms with van der Waals surface area (Å²) in [6.45, 7) is 6.85. The van der Waals surface area contributed by atoms with Crippen LogP contribution >= 0.6 is 0 Å². The highest BCUT2D eigenvalue weighted by atomic mass is 15.3. The fraction of sp³-hybridized carbons (Fsp3) is 0.500. The molecule has 1 fully saturated rings. The number of pyridine rings is 1. The van der Waals surface area contributed by atoms with Gasteiger partial charge in [0.2, 0.25) is 5.95 Å². The van der Waals surface area contributed by atoms with Crippen LogP contribution in [0.4, 0.5) is 11.8 Å². The van der Waals surface area contributed by atoms with Crippen LogP contribution in [0.3, 0.4) is 0 Å². The summed E-state index contributed by atoms with van der Waals surface area (Å²) in [7, 11) is 4.22. The molecule has 0 aliphatic carbocycles. The number of rotatable bonds is 5. The number of hydrogen-bond donors (Lipinski definition) is 1. The Balaban J connectivity index is 1.72. The maximum Gasteiger partial charge on any atom is 0.222 e. The first-order valence-corrected chi connectivity index (χ1v) is 8.71. The van der Waals surface area contributed by atoms with Gasteiger partial charge in [-0.25, -0.2) is 4.98 Å². The molecule has 3 heterocycles. The minimum Gasteiger partial charge on any atom is -0.368 e. The third-order valence-electron chi connectivity index (χ3n) is 4.80. The second kappa shape index (κ2) is 7.76. The average molecular weight is 341 g/mol. The molecule has 3 rings (SSSR count). The van der Waals surface area contributed by atoms with Crippen molar-refractivity contribution in [3.63, 3.8) is 0 Å². The molecule has 2 aromatic heterocycles. The van der Waals surface area contributed by atoms with Crippen molar-refractivity contribution in [3.8, 4) is 0 Å². The Morgan fingerprint density at radius 2 is 1.96 bits per heavy atom. The van der Waals surface area contributed by atoms with Crippen molar-refractivity contribution in [1.29, 1.82) is 0 Å². The standard InChI is InChI=1S/C18H27N7/c1-14(16-6-4-5-7-20-16)24(3)13-15-12-17(22-18(19)21-15)25-10-8-23(2)9-11-25/h4-7,12,14H,8-11,13H2,1-3H3,(H2,19,21,22)/t14-/m0/s1. The number of hydrogen-bond acceptors (Lipinski definition) is 7. The molecule has 134 valence electrons. The van der Waals surface area contributed by atoms with Crippen LogP contribution in [0, 0.1) is 0 Å². The average Bonchev–Trinajstić information content (AvgIpc) is 2.62. The molecule has 7 nitrogen and oxygen atoms in total. The largest absolute Gasteiger partial charge is 0.368 e. The number of nitrogens with zero attached hydrogens (tertiary/aromatic N) is 6. The molecule has 1 aliphatic rings. The molecule has 0 unspecified atom stereocenters. The minimum atomic E-state index is 0.199. The normalized spacial score (nSPS) is 17.0. The molecule has 2 aromatic rings. The summed E-state index contributed by atoms with van der Waals surface area (Å²) >= 11 is 0. The fourth-order valence-corrected chi connectivity index (χ4v) is 3.02. The number of piperazine rings is 1. The smallest absolute Gasteiger partial charge is 0.222 e. The van der Waals surface area contributed by atoms with Crippen molar-refractivity contribution >= 4 is 11.8 Å². The Bertz CT molecular complexity index is 683. The zero-order chi connectivity index (χ0) is 17.8. The van der Waals surface area contributed by atoms with E-state index in [1.807, 2.05) is 24.4 Å². The number of aromatic nitrogens is 3. The van der Waals surface area contributed by atoms with E-state index in [4.69, 9.17) is 5.73 Å². The maximum atomic E-state index is 5.97. The Labute approximate surface area is 149 Å². The van der Waals surface area contributed by atoms with Gasteiger partial charge < -0.3 is 15.5 Å². The van der Waals surface area contributed by atoms with Crippen LogP contribution in [-0.4, -0.2) is 65.0 Å². The van der Waals surface area contributed by atoms with Crippen LogP contribution in [0.5, 0.6) is 0 Å². The first-order chi connectivity index (χ1) is 12.0. The highest BCUT2D eigenvalue weighted by Crippen LogP contribution is 2.21. The van der Waals surface area contributed by atoms with E-state index in [0.717, 1.165) is 43.4 Å². The van der Waals surface area contributed by atoms with Crippen LogP contribution < -0.4 is 10.6 Å². The second-order valence-corrected chi connectivity index (χ2v) is 6.71. The van der Waals surface area contributed by atoms with Crippen molar-refractivity contribution in [2.75, 3.05) is 50.9 Å². The predicted molar refractivity (Wildman–Crippen MR) is 100 cm³/mol. The SMILES string of the molecule is C[C@@H](c1ccccn1)N(C)Cc1cc(N2CCN(C)CC2)nc(N)n1. The van der Waals surface area contributed by atoms with E-state index in [9.17, 15) is 0 Å². The molecule has 0 aromatic carbocycles. The third kappa shape index (κ3) is 4.43. The van der Waals surface area contributed by atoms with Crippen molar-refractivity contribution < 1.29 is 0 Å². The van der Waals surface area contributed by atoms with Crippen LogP contribution in [0.15, 0.2) is 30.5 Å². The summed E-state index contributed by atoms with van der Waals surface area (Å²) in [6.07, 6.45) is 1.83. The Morgan fingerprint density at radius 3 is 2.64 bits per heavy atom. The van der Waals surface area contributed by atoms with Gasteiger partial charge >= 0.3 is 0 Å². The van der Waals surface area contributed by atoms with E-state index < -0.39 is 0 Å². The molecular weight excluding hydrogens is 314 g/mol. The molecule has 0 spiro atoms. The highest BCUT2D eigenvalue weighted by molar-refractivity contribution is 5.44. The number of nitrogens with two attached hydrogens (primary N) is 1. The highest BCUT2D eigenvalue weighted by Gasteiger charge is 2.18. The lowest BCUT2D eigenvalue weighted by molar-refractivity contribution is 0.246. The molecule has 0 saturated carbocycles. The van der Waals surface area contributed by atoms with Crippen LogP contribution in [-0.2, 0) is 6.54 Å². The lowest BCUT2D eigenvalue weighted by atomic mass is 10.2. The van der Waals surface area contributed by atoms with Crippen molar-refractivity contribution in [1.82, 2.24) is 24.8 Å². The zero-order valence-electron chi connectivity index (χ0n) is 15.3. The molecule has 0 amide bonds. The van der Waals surface area contributed by atoms with Gasteiger partial charge in [0.1, 0.15) is 5.82 Å². The Kier molecular flexibility index (Phi) is 5.45. The van der Waals surface area contributed by atoms with Crippen molar-refractivity contribution in [2.45, 2.75) is 19.5 Å². The van der Waals surface area contributed by atoms with Crippen LogP contribution in [0.2, 0.25) is 0 Å². The lowest BCUT2D eigenvalue weighted by Gasteiger charge is -2.33. The fourth-order valence-electron chi connectivity index (χ4n) is 3.02. The summed E-state index contributed by atoms with van der Waals surface area (Å²) in [6, 6.07) is 8.25. The van der Waals surface area contributed by atoms with E-state index in [1.165, 1.54) is 0 Å². The summed E-state index contributed by atoms with van der Waals surface area (Å²) in [4.78, 5) is 20.1. The van der Waals surface area contributed by atoms with E-state index in [2.05, 4.69) is 56.7 Å². The van der Waals surface area contributed by atoms with E-state index in [0.29, 0.717) is 12.5 Å². The lowest BCUT2D eigenvalue weighted by Crippen LogP contribution is -2.45. The van der Waals surface area contributed by atoms with Gasteiger partial charge in [0.25, 0.3) is 0 Å². The van der Waals surface area contributed by atoms with Crippen LogP contribution in [0.1, 0.15) is 24.4 Å². The van der Waals surface area contributed by atoms with Crippen molar-refractivity contribution in [2.24, 2.45) is 0 Å². The molecule has 0 radical (unpaired) electrons. The molecule has 1 atom stereocenters. The van der Waals surface area contributed by atoms with Crippen LogP contribution in [0.25, 0.3) is 0 Å².